The third kappa shape index (κ3) is 4.05. The molecule has 6 nitrogen and oxygen atoms in total. The molecule has 1 atom stereocenters. The van der Waals surface area contributed by atoms with Gasteiger partial charge in [0.15, 0.2) is 5.82 Å². The van der Waals surface area contributed by atoms with Crippen molar-refractivity contribution in [2.75, 3.05) is 21.1 Å². The number of aryl methyl sites for hydroxylation is 1. The first-order valence-electron chi connectivity index (χ1n) is 9.98. The lowest BCUT2D eigenvalue weighted by atomic mass is 9.87. The lowest BCUT2D eigenvalue weighted by Gasteiger charge is -2.30. The van der Waals surface area contributed by atoms with Gasteiger partial charge in [-0.05, 0) is 56.7 Å². The molecule has 1 saturated carbocycles. The number of sulfonamides is 1. The van der Waals surface area contributed by atoms with Gasteiger partial charge in [0.2, 0.25) is 10.0 Å². The second-order valence-electron chi connectivity index (χ2n) is 8.19. The average molecular weight is 394 g/mol. The fraction of sp³-hybridized carbons (Fsp3) is 0.650. The van der Waals surface area contributed by atoms with Gasteiger partial charge in [0.25, 0.3) is 0 Å². The van der Waals surface area contributed by atoms with E-state index in [-0.39, 0.29) is 0 Å². The van der Waals surface area contributed by atoms with E-state index in [0.717, 1.165) is 35.9 Å². The lowest BCUT2D eigenvalue weighted by Crippen LogP contribution is -3.12. The molecule has 1 aromatic heterocycles. The first-order chi connectivity index (χ1) is 12.7. The second kappa shape index (κ2) is 7.89. The molecule has 1 unspecified atom stereocenters. The molecular formula is C20H33N4O2S+. The second-order valence-corrected chi connectivity index (χ2v) is 10.3. The minimum Gasteiger partial charge on any atom is -0.329 e. The normalized spacial score (nSPS) is 22.4. The summed E-state index contributed by atoms with van der Waals surface area (Å²) < 4.78 is 28.3. The third-order valence-electron chi connectivity index (χ3n) is 6.04. The predicted octanol–water partition coefficient (Wildman–Crippen LogP) is 1.90. The largest absolute Gasteiger partial charge is 0.329 e. The lowest BCUT2D eigenvalue weighted by molar-refractivity contribution is -0.921. The van der Waals surface area contributed by atoms with Crippen molar-refractivity contribution in [3.8, 4) is 0 Å². The van der Waals surface area contributed by atoms with Crippen molar-refractivity contribution in [3.05, 3.63) is 24.0 Å². The zero-order valence-electron chi connectivity index (χ0n) is 17.2. The summed E-state index contributed by atoms with van der Waals surface area (Å²) in [6, 6.07) is 5.98. The van der Waals surface area contributed by atoms with Crippen molar-refractivity contribution in [3.63, 3.8) is 0 Å². The van der Waals surface area contributed by atoms with Gasteiger partial charge in [0.05, 0.1) is 29.0 Å². The Morgan fingerprint density at radius 1 is 1.22 bits per heavy atom. The van der Waals surface area contributed by atoms with Gasteiger partial charge in [-0.3, -0.25) is 0 Å². The smallest absolute Gasteiger partial charge is 0.242 e. The van der Waals surface area contributed by atoms with Crippen LogP contribution in [0.1, 0.15) is 45.4 Å². The summed E-state index contributed by atoms with van der Waals surface area (Å²) >= 11 is 0. The minimum atomic E-state index is -3.45. The Bertz CT molecular complexity index is 896. The number of imidazole rings is 1. The number of aromatic nitrogens is 2. The van der Waals surface area contributed by atoms with Crippen molar-refractivity contribution in [1.82, 2.24) is 13.9 Å². The van der Waals surface area contributed by atoms with E-state index in [0.29, 0.717) is 10.9 Å². The van der Waals surface area contributed by atoms with Crippen LogP contribution in [-0.4, -0.2) is 49.5 Å². The van der Waals surface area contributed by atoms with Crippen LogP contribution in [0, 0.1) is 5.92 Å². The highest BCUT2D eigenvalue weighted by atomic mass is 32.2. The quantitative estimate of drug-likeness (QED) is 0.815. The maximum absolute atomic E-state index is 12.4. The molecule has 1 N–H and O–H groups in total. The first-order valence-corrected chi connectivity index (χ1v) is 11.4. The minimum absolute atomic E-state index is 0.300. The number of hydrogen-bond donors (Lipinski definition) is 1. The van der Waals surface area contributed by atoms with E-state index in [1.807, 2.05) is 6.07 Å². The monoisotopic (exact) mass is 393 g/mol. The Morgan fingerprint density at radius 3 is 2.48 bits per heavy atom. The van der Waals surface area contributed by atoms with Crippen LogP contribution in [0.4, 0.5) is 0 Å². The number of fused-ring (bicyclic) bond motifs is 1. The molecule has 150 valence electrons. The van der Waals surface area contributed by atoms with Crippen molar-refractivity contribution in [2.45, 2.75) is 63.6 Å². The molecule has 1 heterocycles. The topological polar surface area (TPSA) is 59.6 Å². The van der Waals surface area contributed by atoms with Crippen LogP contribution in [0.15, 0.2) is 23.1 Å². The van der Waals surface area contributed by atoms with E-state index in [1.54, 1.807) is 26.2 Å². The van der Waals surface area contributed by atoms with Gasteiger partial charge in [-0.15, -0.1) is 0 Å². The summed E-state index contributed by atoms with van der Waals surface area (Å²) in [6.07, 6.45) is 5.20. The van der Waals surface area contributed by atoms with E-state index in [1.165, 1.54) is 34.9 Å². The van der Waals surface area contributed by atoms with Gasteiger partial charge in [0.1, 0.15) is 6.54 Å². The Morgan fingerprint density at radius 2 is 1.89 bits per heavy atom. The summed E-state index contributed by atoms with van der Waals surface area (Å²) in [5.41, 5.74) is 1.77. The van der Waals surface area contributed by atoms with Crippen molar-refractivity contribution < 1.29 is 13.3 Å². The molecule has 3 rings (SSSR count). The van der Waals surface area contributed by atoms with E-state index >= 15 is 0 Å². The molecule has 27 heavy (non-hydrogen) atoms. The molecule has 7 heteroatoms. The van der Waals surface area contributed by atoms with Gasteiger partial charge in [-0.1, -0.05) is 6.92 Å². The van der Waals surface area contributed by atoms with Crippen LogP contribution >= 0.6 is 0 Å². The van der Waals surface area contributed by atoms with Gasteiger partial charge >= 0.3 is 0 Å². The third-order valence-corrected chi connectivity index (χ3v) is 7.85. The molecule has 0 radical (unpaired) electrons. The number of quaternary nitrogens is 1. The number of benzene rings is 1. The van der Waals surface area contributed by atoms with Crippen LogP contribution in [-0.2, 0) is 23.1 Å². The Labute approximate surface area is 163 Å². The molecule has 0 bridgehead atoms. The Hall–Kier alpha value is -1.44. The summed E-state index contributed by atoms with van der Waals surface area (Å²) in [4.78, 5) is 6.63. The predicted molar refractivity (Wildman–Crippen MR) is 108 cm³/mol. The van der Waals surface area contributed by atoms with Gasteiger partial charge in [-0.25, -0.2) is 17.7 Å². The highest BCUT2D eigenvalue weighted by Gasteiger charge is 2.26. The highest BCUT2D eigenvalue weighted by Crippen LogP contribution is 2.23. The van der Waals surface area contributed by atoms with Gasteiger partial charge in [-0.2, -0.15) is 0 Å². The van der Waals surface area contributed by atoms with E-state index < -0.39 is 10.0 Å². The summed E-state index contributed by atoms with van der Waals surface area (Å²) in [5.74, 6) is 1.90. The highest BCUT2D eigenvalue weighted by molar-refractivity contribution is 7.89. The molecule has 2 aromatic rings. The van der Waals surface area contributed by atoms with Crippen LogP contribution in [0.25, 0.3) is 11.0 Å². The maximum Gasteiger partial charge on any atom is 0.242 e. The summed E-state index contributed by atoms with van der Waals surface area (Å²) in [7, 11) is 1.93. The molecule has 1 aromatic carbocycles. The first kappa shape index (κ1) is 20.3. The number of nitrogens with zero attached hydrogens (tertiary/aromatic N) is 3. The molecule has 0 spiro atoms. The average Bonchev–Trinajstić information content (AvgIpc) is 2.98. The number of nitrogens with one attached hydrogen (secondary N) is 1. The van der Waals surface area contributed by atoms with E-state index in [2.05, 4.69) is 25.5 Å². The number of hydrogen-bond acceptors (Lipinski definition) is 3. The molecule has 1 aliphatic rings. The van der Waals surface area contributed by atoms with Crippen LogP contribution in [0.2, 0.25) is 0 Å². The van der Waals surface area contributed by atoms with Crippen LogP contribution in [0.5, 0.6) is 0 Å². The molecular weight excluding hydrogens is 360 g/mol. The van der Waals surface area contributed by atoms with Gasteiger partial charge < -0.3 is 9.47 Å². The Kier molecular flexibility index (Phi) is 5.93. The zero-order valence-corrected chi connectivity index (χ0v) is 18.0. The van der Waals surface area contributed by atoms with Crippen molar-refractivity contribution >= 4 is 21.1 Å². The number of rotatable bonds is 6. The molecule has 1 aliphatic carbocycles. The molecule has 0 saturated heterocycles. The fourth-order valence-corrected chi connectivity index (χ4v) is 5.09. The van der Waals surface area contributed by atoms with Crippen molar-refractivity contribution in [1.29, 1.82) is 0 Å². The van der Waals surface area contributed by atoms with Crippen molar-refractivity contribution in [2.24, 2.45) is 5.92 Å². The standard InChI is InChI=1S/C20H32N4O2S/c1-6-24-19-12-11-17(27(25,26)22(3)4)13-18(19)21-20(24)14-23(5)16-9-7-15(2)8-10-16/h11-13,15-16H,6-10,14H2,1-5H3/p+1. The van der Waals surface area contributed by atoms with E-state index in [9.17, 15) is 8.42 Å². The summed E-state index contributed by atoms with van der Waals surface area (Å²) in [5, 5.41) is 0. The van der Waals surface area contributed by atoms with Crippen LogP contribution in [0.3, 0.4) is 0 Å². The molecule has 0 aliphatic heterocycles. The van der Waals surface area contributed by atoms with E-state index in [4.69, 9.17) is 4.98 Å². The SMILES string of the molecule is CCn1c(C[NH+](C)C2CCC(C)CC2)nc2cc(S(=O)(=O)N(C)C)ccc21. The van der Waals surface area contributed by atoms with Gasteiger partial charge in [0, 0.05) is 20.6 Å². The summed E-state index contributed by atoms with van der Waals surface area (Å²) in [6.45, 7) is 6.17. The maximum atomic E-state index is 12.4. The Balaban J connectivity index is 1.89. The molecule has 0 amide bonds. The fourth-order valence-electron chi connectivity index (χ4n) is 4.17. The van der Waals surface area contributed by atoms with Crippen LogP contribution < -0.4 is 4.90 Å². The molecule has 1 fully saturated rings. The zero-order chi connectivity index (χ0) is 19.8.